The van der Waals surface area contributed by atoms with E-state index in [9.17, 15) is 4.79 Å². The third-order valence-corrected chi connectivity index (χ3v) is 5.47. The molecule has 3 aromatic rings. The lowest BCUT2D eigenvalue weighted by Gasteiger charge is -2.26. The zero-order chi connectivity index (χ0) is 19.5. The quantitative estimate of drug-likeness (QED) is 0.717. The molecule has 0 spiro atoms. The van der Waals surface area contributed by atoms with Crippen LogP contribution < -0.4 is 5.32 Å². The number of imidazole rings is 1. The number of aromatic nitrogens is 2. The molecule has 4 rings (SSSR count). The highest BCUT2D eigenvalue weighted by atomic mass is 35.5. The molecule has 0 bridgehead atoms. The number of aryl methyl sites for hydroxylation is 1. The zero-order valence-corrected chi connectivity index (χ0v) is 16.6. The summed E-state index contributed by atoms with van der Waals surface area (Å²) in [5.41, 5.74) is 4.30. The van der Waals surface area contributed by atoms with Gasteiger partial charge in [-0.15, -0.1) is 0 Å². The van der Waals surface area contributed by atoms with E-state index in [2.05, 4.69) is 15.2 Å². The first-order chi connectivity index (χ1) is 13.6. The maximum absolute atomic E-state index is 12.5. The van der Waals surface area contributed by atoms with Crippen LogP contribution in [0.5, 0.6) is 0 Å². The second-order valence-electron chi connectivity index (χ2n) is 6.96. The summed E-state index contributed by atoms with van der Waals surface area (Å²) in [6.45, 7) is 6.79. The lowest BCUT2D eigenvalue weighted by molar-refractivity contribution is 0.0383. The van der Waals surface area contributed by atoms with E-state index in [1.165, 1.54) is 0 Å². The molecule has 1 amide bonds. The van der Waals surface area contributed by atoms with Crippen molar-refractivity contribution in [2.75, 3.05) is 39.4 Å². The van der Waals surface area contributed by atoms with Gasteiger partial charge >= 0.3 is 0 Å². The molecular weight excluding hydrogens is 376 g/mol. The van der Waals surface area contributed by atoms with E-state index in [-0.39, 0.29) is 5.91 Å². The Balaban J connectivity index is 1.46. The van der Waals surface area contributed by atoms with Gasteiger partial charge in [0.15, 0.2) is 0 Å². The van der Waals surface area contributed by atoms with Crippen molar-refractivity contribution < 1.29 is 9.53 Å². The summed E-state index contributed by atoms with van der Waals surface area (Å²) in [5.74, 6) is -0.0805. The van der Waals surface area contributed by atoms with Gasteiger partial charge in [0, 0.05) is 42.5 Å². The van der Waals surface area contributed by atoms with Gasteiger partial charge in [-0.25, -0.2) is 4.98 Å². The molecule has 1 aliphatic rings. The summed E-state index contributed by atoms with van der Waals surface area (Å²) in [4.78, 5) is 19.2. The summed E-state index contributed by atoms with van der Waals surface area (Å²) in [5, 5.41) is 3.71. The molecule has 0 atom stereocenters. The van der Waals surface area contributed by atoms with Crippen molar-refractivity contribution in [3.63, 3.8) is 0 Å². The largest absolute Gasteiger partial charge is 0.379 e. The van der Waals surface area contributed by atoms with Gasteiger partial charge in [0.05, 0.1) is 24.2 Å². The van der Waals surface area contributed by atoms with E-state index in [4.69, 9.17) is 16.3 Å². The normalized spacial score (nSPS) is 15.1. The maximum atomic E-state index is 12.5. The fourth-order valence-electron chi connectivity index (χ4n) is 3.35. The maximum Gasteiger partial charge on any atom is 0.251 e. The van der Waals surface area contributed by atoms with Crippen molar-refractivity contribution in [2.24, 2.45) is 0 Å². The van der Waals surface area contributed by atoms with E-state index in [1.807, 2.05) is 47.9 Å². The van der Waals surface area contributed by atoms with Crippen LogP contribution in [0.3, 0.4) is 0 Å². The Hall–Kier alpha value is -2.41. The number of nitrogens with one attached hydrogen (secondary N) is 1. The third-order valence-electron chi connectivity index (χ3n) is 5.06. The van der Waals surface area contributed by atoms with Gasteiger partial charge in [-0.1, -0.05) is 17.7 Å². The van der Waals surface area contributed by atoms with Gasteiger partial charge in [0.2, 0.25) is 0 Å². The van der Waals surface area contributed by atoms with Crippen molar-refractivity contribution in [3.8, 4) is 5.69 Å². The number of ether oxygens (including phenoxy) is 1. The molecule has 0 radical (unpaired) electrons. The van der Waals surface area contributed by atoms with Crippen molar-refractivity contribution >= 4 is 28.5 Å². The molecule has 1 fully saturated rings. The van der Waals surface area contributed by atoms with Crippen molar-refractivity contribution in [3.05, 3.63) is 58.9 Å². The molecule has 0 unspecified atom stereocenters. The lowest BCUT2D eigenvalue weighted by Crippen LogP contribution is -2.41. The smallest absolute Gasteiger partial charge is 0.251 e. The topological polar surface area (TPSA) is 59.4 Å². The molecule has 2 aromatic carbocycles. The van der Waals surface area contributed by atoms with E-state index < -0.39 is 0 Å². The molecule has 0 aliphatic carbocycles. The highest BCUT2D eigenvalue weighted by Gasteiger charge is 2.13. The van der Waals surface area contributed by atoms with Crippen molar-refractivity contribution in [2.45, 2.75) is 6.92 Å². The first-order valence-electron chi connectivity index (χ1n) is 9.44. The van der Waals surface area contributed by atoms with Gasteiger partial charge < -0.3 is 10.1 Å². The Labute approximate surface area is 169 Å². The van der Waals surface area contributed by atoms with Crippen LogP contribution in [-0.2, 0) is 4.74 Å². The summed E-state index contributed by atoms with van der Waals surface area (Å²) < 4.78 is 7.31. The number of benzene rings is 2. The van der Waals surface area contributed by atoms with Gasteiger partial charge in [0.1, 0.15) is 6.33 Å². The van der Waals surface area contributed by atoms with Gasteiger partial charge in [0.25, 0.3) is 5.91 Å². The van der Waals surface area contributed by atoms with Gasteiger partial charge in [-0.3, -0.25) is 14.3 Å². The second kappa shape index (κ2) is 8.31. The second-order valence-corrected chi connectivity index (χ2v) is 7.37. The van der Waals surface area contributed by atoms with Crippen LogP contribution in [0, 0.1) is 6.92 Å². The minimum atomic E-state index is -0.0805. The number of amides is 1. The Morgan fingerprint density at radius 3 is 2.82 bits per heavy atom. The minimum Gasteiger partial charge on any atom is -0.379 e. The lowest BCUT2D eigenvalue weighted by atomic mass is 10.1. The molecule has 28 heavy (non-hydrogen) atoms. The average molecular weight is 399 g/mol. The standard InChI is InChI=1S/C21H23ClN4O2/c1-15-2-4-17(13-18(15)22)26-14-24-19-12-16(3-5-20(19)26)21(27)23-6-7-25-8-10-28-11-9-25/h2-5,12-14H,6-11H2,1H3,(H,23,27). The van der Waals surface area contributed by atoms with Crippen LogP contribution in [0.15, 0.2) is 42.7 Å². The molecule has 146 valence electrons. The Kier molecular flexibility index (Phi) is 5.62. The molecule has 2 heterocycles. The average Bonchev–Trinajstić information content (AvgIpc) is 3.14. The number of halogens is 1. The van der Waals surface area contributed by atoms with Crippen molar-refractivity contribution in [1.82, 2.24) is 19.8 Å². The molecule has 7 heteroatoms. The zero-order valence-electron chi connectivity index (χ0n) is 15.8. The molecule has 1 aromatic heterocycles. The Morgan fingerprint density at radius 2 is 2.04 bits per heavy atom. The van der Waals surface area contributed by atoms with E-state index in [1.54, 1.807) is 6.33 Å². The van der Waals surface area contributed by atoms with Gasteiger partial charge in [-0.05, 0) is 42.8 Å². The predicted octanol–water partition coefficient (Wildman–Crippen LogP) is 3.05. The highest BCUT2D eigenvalue weighted by molar-refractivity contribution is 6.31. The van der Waals surface area contributed by atoms with Gasteiger partial charge in [-0.2, -0.15) is 0 Å². The summed E-state index contributed by atoms with van der Waals surface area (Å²) in [7, 11) is 0. The summed E-state index contributed by atoms with van der Waals surface area (Å²) in [6, 6.07) is 11.5. The van der Waals surface area contributed by atoms with E-state index in [0.29, 0.717) is 12.1 Å². The van der Waals surface area contributed by atoms with E-state index >= 15 is 0 Å². The first-order valence-corrected chi connectivity index (χ1v) is 9.81. The minimum absolute atomic E-state index is 0.0805. The number of fused-ring (bicyclic) bond motifs is 1. The number of hydrogen-bond acceptors (Lipinski definition) is 4. The Morgan fingerprint density at radius 1 is 1.21 bits per heavy atom. The number of rotatable bonds is 5. The molecule has 1 saturated heterocycles. The molecule has 0 saturated carbocycles. The summed E-state index contributed by atoms with van der Waals surface area (Å²) >= 11 is 6.26. The van der Waals surface area contributed by atoms with Crippen LogP contribution in [0.1, 0.15) is 15.9 Å². The number of hydrogen-bond donors (Lipinski definition) is 1. The van der Waals surface area contributed by atoms with Crippen LogP contribution in [0.4, 0.5) is 0 Å². The predicted molar refractivity (Wildman–Crippen MR) is 110 cm³/mol. The fraction of sp³-hybridized carbons (Fsp3) is 0.333. The van der Waals surface area contributed by atoms with Crippen LogP contribution in [-0.4, -0.2) is 59.8 Å². The van der Waals surface area contributed by atoms with Crippen molar-refractivity contribution in [1.29, 1.82) is 0 Å². The molecule has 1 aliphatic heterocycles. The fourth-order valence-corrected chi connectivity index (χ4v) is 3.52. The number of morpholine rings is 1. The number of carbonyl (C=O) groups excluding carboxylic acids is 1. The Bertz CT molecular complexity index is 995. The summed E-state index contributed by atoms with van der Waals surface area (Å²) in [6.07, 6.45) is 1.76. The molecule has 6 nitrogen and oxygen atoms in total. The highest BCUT2D eigenvalue weighted by Crippen LogP contribution is 2.23. The van der Waals surface area contributed by atoms with E-state index in [0.717, 1.165) is 60.2 Å². The first kappa shape index (κ1) is 18.9. The number of nitrogens with zero attached hydrogens (tertiary/aromatic N) is 3. The van der Waals surface area contributed by atoms with Crippen LogP contribution >= 0.6 is 11.6 Å². The third kappa shape index (κ3) is 4.04. The SMILES string of the molecule is Cc1ccc(-n2cnc3cc(C(=O)NCCN4CCOCC4)ccc32)cc1Cl. The number of carbonyl (C=O) groups is 1. The van der Waals surface area contributed by atoms with Crippen LogP contribution in [0.2, 0.25) is 5.02 Å². The van der Waals surface area contributed by atoms with Crippen LogP contribution in [0.25, 0.3) is 16.7 Å². The molecular formula is C21H23ClN4O2. The molecule has 1 N–H and O–H groups in total. The monoisotopic (exact) mass is 398 g/mol.